The minimum atomic E-state index is 0.981. The Hall–Kier alpha value is -0.395. The van der Waals surface area contributed by atoms with Crippen molar-refractivity contribution in [3.05, 3.63) is 12.3 Å². The molecule has 0 aromatic rings. The van der Waals surface area contributed by atoms with Gasteiger partial charge in [0.2, 0.25) is 0 Å². The van der Waals surface area contributed by atoms with Crippen LogP contribution in [0.2, 0.25) is 0 Å². The van der Waals surface area contributed by atoms with Gasteiger partial charge in [-0.2, -0.15) is 0 Å². The average molecular weight is 82.9 g/mol. The molecular weight excluding hydrogens is 72.9 g/mol. The van der Waals surface area contributed by atoms with Crippen LogP contribution in [0.4, 0.5) is 0 Å². The Labute approximate surface area is 39.8 Å². The fourth-order valence-corrected chi connectivity index (χ4v) is 0.302. The maximum absolute atomic E-state index is 3.63. The molecular formula is C4H10BN. The Morgan fingerprint density at radius 2 is 2.50 bits per heavy atom. The summed E-state index contributed by atoms with van der Waals surface area (Å²) >= 11 is 0. The molecule has 0 radical (unpaired) electrons. The predicted molar refractivity (Wildman–Crippen MR) is 31.4 cm³/mol. The molecule has 0 saturated heterocycles. The molecule has 0 aliphatic carbocycles. The molecule has 0 rings (SSSR count). The maximum atomic E-state index is 3.63. The van der Waals surface area contributed by atoms with Crippen molar-refractivity contribution in [2.75, 3.05) is 6.44 Å². The van der Waals surface area contributed by atoms with Crippen LogP contribution in [0, 0.1) is 0 Å². The van der Waals surface area contributed by atoms with Gasteiger partial charge in [-0.1, -0.05) is 6.58 Å². The third kappa shape index (κ3) is 3.60. The third-order valence-electron chi connectivity index (χ3n) is 0.479. The highest BCUT2D eigenvalue weighted by atomic mass is 14.8. The smallest absolute Gasteiger partial charge is 0.126 e. The van der Waals surface area contributed by atoms with Gasteiger partial charge in [0, 0.05) is 0 Å². The van der Waals surface area contributed by atoms with E-state index in [-0.39, 0.29) is 0 Å². The van der Waals surface area contributed by atoms with E-state index in [2.05, 4.69) is 19.7 Å². The van der Waals surface area contributed by atoms with Gasteiger partial charge < -0.3 is 5.32 Å². The van der Waals surface area contributed by atoms with Crippen molar-refractivity contribution < 1.29 is 0 Å². The Balaban J connectivity index is 2.83. The zero-order valence-corrected chi connectivity index (χ0v) is 4.41. The van der Waals surface area contributed by atoms with Crippen LogP contribution in [0.5, 0.6) is 0 Å². The molecule has 1 nitrogen and oxygen atoms in total. The summed E-state index contributed by atoms with van der Waals surface area (Å²) in [6.45, 7) is 5.58. The fourth-order valence-electron chi connectivity index (χ4n) is 0.302. The summed E-state index contributed by atoms with van der Waals surface area (Å²) in [6.07, 6.45) is 0.981. The summed E-state index contributed by atoms with van der Waals surface area (Å²) in [4.78, 5) is 0. The van der Waals surface area contributed by atoms with E-state index in [4.69, 9.17) is 0 Å². The third-order valence-corrected chi connectivity index (χ3v) is 0.479. The summed E-state index contributed by atoms with van der Waals surface area (Å²) < 4.78 is 0. The van der Waals surface area contributed by atoms with E-state index in [9.17, 15) is 0 Å². The minimum absolute atomic E-state index is 0.981. The Morgan fingerprint density at radius 3 is 2.50 bits per heavy atom. The van der Waals surface area contributed by atoms with Crippen LogP contribution < -0.4 is 5.32 Å². The molecule has 0 aliphatic rings. The Morgan fingerprint density at radius 1 is 2.00 bits per heavy atom. The van der Waals surface area contributed by atoms with E-state index >= 15 is 0 Å². The molecule has 34 valence electrons. The van der Waals surface area contributed by atoms with Crippen molar-refractivity contribution >= 4 is 7.85 Å². The second-order valence-electron chi connectivity index (χ2n) is 1.31. The number of nitrogens with one attached hydrogen (secondary N) is 1. The number of hydrogen-bond acceptors (Lipinski definition) is 1. The van der Waals surface area contributed by atoms with Gasteiger partial charge in [0.25, 0.3) is 0 Å². The molecule has 0 aromatic carbocycles. The predicted octanol–water partition coefficient (Wildman–Crippen LogP) is -0.300. The zero-order chi connectivity index (χ0) is 4.99. The molecule has 0 aliphatic heterocycles. The zero-order valence-electron chi connectivity index (χ0n) is 4.41. The summed E-state index contributed by atoms with van der Waals surface area (Å²) in [5, 5.41) is 3.01. The normalized spacial score (nSPS) is 7.50. The Kier molecular flexibility index (Phi) is 2.64. The number of allylic oxidation sites excluding steroid dienone is 1. The summed E-state index contributed by atoms with van der Waals surface area (Å²) in [5.74, 6) is 0. The van der Waals surface area contributed by atoms with Crippen molar-refractivity contribution in [2.24, 2.45) is 0 Å². The molecule has 0 atom stereocenters. The largest absolute Gasteiger partial charge is 0.397 e. The standard InChI is InChI=1S/C4H10BN/c1-4(2)6-3-5/h6H,1,3,5H2,2H3. The quantitative estimate of drug-likeness (QED) is 0.452. The highest BCUT2D eigenvalue weighted by Gasteiger charge is 1.71. The first kappa shape index (κ1) is 5.60. The van der Waals surface area contributed by atoms with Crippen molar-refractivity contribution in [3.8, 4) is 0 Å². The first-order valence-electron chi connectivity index (χ1n) is 2.16. The van der Waals surface area contributed by atoms with Gasteiger partial charge >= 0.3 is 0 Å². The molecule has 0 spiro atoms. The Bertz CT molecular complexity index is 51.5. The number of rotatable bonds is 2. The van der Waals surface area contributed by atoms with Crippen molar-refractivity contribution in [1.29, 1.82) is 0 Å². The molecule has 6 heavy (non-hydrogen) atoms. The lowest BCUT2D eigenvalue weighted by atomic mass is 10.2. The van der Waals surface area contributed by atoms with Gasteiger partial charge in [0.05, 0.1) is 0 Å². The van der Waals surface area contributed by atoms with E-state index in [1.165, 1.54) is 0 Å². The molecule has 0 bridgehead atoms. The van der Waals surface area contributed by atoms with Gasteiger partial charge in [0.15, 0.2) is 0 Å². The second-order valence-corrected chi connectivity index (χ2v) is 1.31. The summed E-state index contributed by atoms with van der Waals surface area (Å²) in [7, 11) is 2.05. The molecule has 0 unspecified atom stereocenters. The van der Waals surface area contributed by atoms with Crippen LogP contribution in [0.15, 0.2) is 12.3 Å². The molecule has 2 heteroatoms. The summed E-state index contributed by atoms with van der Waals surface area (Å²) in [6, 6.07) is 0. The first-order chi connectivity index (χ1) is 2.77. The van der Waals surface area contributed by atoms with E-state index in [1.54, 1.807) is 0 Å². The lowest BCUT2D eigenvalue weighted by Gasteiger charge is -1.95. The fraction of sp³-hybridized carbons (Fsp3) is 0.500. The lowest BCUT2D eigenvalue weighted by molar-refractivity contribution is 0.959. The van der Waals surface area contributed by atoms with E-state index in [0.717, 1.165) is 12.1 Å². The molecule has 0 aromatic heterocycles. The number of hydrogen-bond donors (Lipinski definition) is 1. The molecule has 0 amide bonds. The van der Waals surface area contributed by atoms with Crippen LogP contribution in [-0.2, 0) is 0 Å². The van der Waals surface area contributed by atoms with Gasteiger partial charge in [-0.05, 0) is 19.1 Å². The highest BCUT2D eigenvalue weighted by molar-refractivity contribution is 6.08. The van der Waals surface area contributed by atoms with E-state index < -0.39 is 0 Å². The van der Waals surface area contributed by atoms with Gasteiger partial charge in [-0.25, -0.2) is 0 Å². The monoisotopic (exact) mass is 83.1 g/mol. The van der Waals surface area contributed by atoms with Crippen LogP contribution in [-0.4, -0.2) is 14.3 Å². The van der Waals surface area contributed by atoms with Gasteiger partial charge in [-0.15, -0.1) is 0 Å². The van der Waals surface area contributed by atoms with Crippen molar-refractivity contribution in [2.45, 2.75) is 6.92 Å². The average Bonchev–Trinajstić information content (AvgIpc) is 1.35. The molecule has 0 heterocycles. The minimum Gasteiger partial charge on any atom is -0.397 e. The lowest BCUT2D eigenvalue weighted by Crippen LogP contribution is -2.10. The van der Waals surface area contributed by atoms with Gasteiger partial charge in [0.1, 0.15) is 7.85 Å². The van der Waals surface area contributed by atoms with Crippen LogP contribution in [0.3, 0.4) is 0 Å². The van der Waals surface area contributed by atoms with Crippen LogP contribution in [0.1, 0.15) is 6.92 Å². The summed E-state index contributed by atoms with van der Waals surface area (Å²) in [5.41, 5.74) is 1.04. The maximum Gasteiger partial charge on any atom is 0.126 e. The van der Waals surface area contributed by atoms with Crippen molar-refractivity contribution in [3.63, 3.8) is 0 Å². The van der Waals surface area contributed by atoms with E-state index in [1.807, 2.05) is 6.92 Å². The van der Waals surface area contributed by atoms with Crippen molar-refractivity contribution in [1.82, 2.24) is 5.32 Å². The molecule has 1 N–H and O–H groups in total. The first-order valence-corrected chi connectivity index (χ1v) is 2.16. The van der Waals surface area contributed by atoms with E-state index in [0.29, 0.717) is 0 Å². The highest BCUT2D eigenvalue weighted by Crippen LogP contribution is 1.71. The second kappa shape index (κ2) is 2.82. The van der Waals surface area contributed by atoms with Crippen LogP contribution >= 0.6 is 0 Å². The topological polar surface area (TPSA) is 12.0 Å². The SMILES string of the molecule is BCNC(=C)C. The van der Waals surface area contributed by atoms with Crippen LogP contribution in [0.25, 0.3) is 0 Å². The molecule has 0 saturated carbocycles. The molecule has 0 fully saturated rings. The van der Waals surface area contributed by atoms with Gasteiger partial charge in [-0.3, -0.25) is 0 Å².